The summed E-state index contributed by atoms with van der Waals surface area (Å²) >= 11 is 0. The minimum atomic E-state index is -0.0421. The molecule has 0 radical (unpaired) electrons. The van der Waals surface area contributed by atoms with E-state index in [2.05, 4.69) is 97.7 Å². The highest BCUT2D eigenvalue weighted by Gasteiger charge is 2.37. The van der Waals surface area contributed by atoms with E-state index in [4.69, 9.17) is 4.98 Å². The molecule has 0 unspecified atom stereocenters. The van der Waals surface area contributed by atoms with Crippen LogP contribution < -0.4 is 0 Å². The van der Waals surface area contributed by atoms with Crippen molar-refractivity contribution in [3.63, 3.8) is 0 Å². The maximum absolute atomic E-state index is 5.03. The number of nitrogens with one attached hydrogen (secondary N) is 1. The zero-order valence-electron chi connectivity index (χ0n) is 16.0. The van der Waals surface area contributed by atoms with Gasteiger partial charge in [0.1, 0.15) is 5.65 Å². The summed E-state index contributed by atoms with van der Waals surface area (Å²) in [7, 11) is 0. The van der Waals surface area contributed by atoms with Gasteiger partial charge in [0.25, 0.3) is 0 Å². The van der Waals surface area contributed by atoms with Crippen LogP contribution in [-0.4, -0.2) is 9.97 Å². The molecular formula is C26H20N2. The summed E-state index contributed by atoms with van der Waals surface area (Å²) in [5.74, 6) is 0. The van der Waals surface area contributed by atoms with Crippen molar-refractivity contribution in [1.82, 2.24) is 9.97 Å². The number of nitrogens with zero attached hydrogens (tertiary/aromatic N) is 1. The summed E-state index contributed by atoms with van der Waals surface area (Å²) in [5, 5.41) is 2.40. The lowest BCUT2D eigenvalue weighted by atomic mass is 9.79. The highest BCUT2D eigenvalue weighted by Crippen LogP contribution is 2.51. The van der Waals surface area contributed by atoms with Gasteiger partial charge >= 0.3 is 0 Å². The third kappa shape index (κ3) is 1.95. The van der Waals surface area contributed by atoms with Gasteiger partial charge in [0.2, 0.25) is 0 Å². The molecule has 1 aliphatic rings. The predicted molar refractivity (Wildman–Crippen MR) is 117 cm³/mol. The second kappa shape index (κ2) is 5.32. The van der Waals surface area contributed by atoms with Crippen LogP contribution in [0.4, 0.5) is 0 Å². The van der Waals surface area contributed by atoms with E-state index in [1.807, 2.05) is 0 Å². The van der Waals surface area contributed by atoms with Crippen molar-refractivity contribution in [1.29, 1.82) is 0 Å². The quantitative estimate of drug-likeness (QED) is 0.354. The molecule has 0 aliphatic heterocycles. The number of H-pyrrole nitrogens is 1. The molecule has 28 heavy (non-hydrogen) atoms. The molecule has 0 bridgehead atoms. The van der Waals surface area contributed by atoms with Crippen molar-refractivity contribution in [2.24, 2.45) is 0 Å². The molecule has 0 fully saturated rings. The van der Waals surface area contributed by atoms with Crippen LogP contribution in [0.3, 0.4) is 0 Å². The average molecular weight is 360 g/mol. The van der Waals surface area contributed by atoms with Gasteiger partial charge in [-0.1, -0.05) is 74.5 Å². The van der Waals surface area contributed by atoms with Gasteiger partial charge in [-0.25, -0.2) is 4.98 Å². The van der Waals surface area contributed by atoms with Crippen LogP contribution >= 0.6 is 0 Å². The number of benzene rings is 3. The van der Waals surface area contributed by atoms with Gasteiger partial charge in [-0.3, -0.25) is 0 Å². The smallest absolute Gasteiger partial charge is 0.139 e. The molecule has 0 atom stereocenters. The van der Waals surface area contributed by atoms with E-state index in [1.165, 1.54) is 38.6 Å². The minimum absolute atomic E-state index is 0.0421. The van der Waals surface area contributed by atoms with E-state index < -0.39 is 0 Å². The maximum Gasteiger partial charge on any atom is 0.139 e. The maximum atomic E-state index is 5.03. The fourth-order valence-electron chi connectivity index (χ4n) is 4.94. The fourth-order valence-corrected chi connectivity index (χ4v) is 4.94. The molecule has 0 saturated carbocycles. The molecule has 1 N–H and O–H groups in total. The van der Waals surface area contributed by atoms with Crippen molar-refractivity contribution in [2.45, 2.75) is 19.3 Å². The van der Waals surface area contributed by atoms with Gasteiger partial charge in [0.05, 0.1) is 5.69 Å². The second-order valence-corrected chi connectivity index (χ2v) is 8.16. The Morgan fingerprint density at radius 3 is 2.36 bits per heavy atom. The second-order valence-electron chi connectivity index (χ2n) is 8.16. The summed E-state index contributed by atoms with van der Waals surface area (Å²) in [6, 6.07) is 28.1. The third-order valence-electron chi connectivity index (χ3n) is 6.22. The Bertz CT molecular complexity index is 1390. The lowest BCUT2D eigenvalue weighted by molar-refractivity contribution is 0.662. The monoisotopic (exact) mass is 360 g/mol. The Morgan fingerprint density at radius 1 is 0.679 bits per heavy atom. The number of hydrogen-bond donors (Lipinski definition) is 1. The fraction of sp³-hybridized carbons (Fsp3) is 0.115. The minimum Gasteiger partial charge on any atom is -0.339 e. The topological polar surface area (TPSA) is 28.7 Å². The van der Waals surface area contributed by atoms with Gasteiger partial charge < -0.3 is 4.98 Å². The van der Waals surface area contributed by atoms with Crippen LogP contribution in [0.25, 0.3) is 44.3 Å². The zero-order valence-corrected chi connectivity index (χ0v) is 16.0. The molecule has 134 valence electrons. The standard InChI is InChI=1S/C26H20N2/c1-26(2)21-12-5-3-8-16(21)18-10-7-11-20(24(18)26)23-15-14-19-17-9-4-6-13-22(17)27-25(19)28-23/h3-15H,1-2H3,(H,27,28). The van der Waals surface area contributed by atoms with Crippen molar-refractivity contribution < 1.29 is 0 Å². The Morgan fingerprint density at radius 2 is 1.43 bits per heavy atom. The van der Waals surface area contributed by atoms with E-state index >= 15 is 0 Å². The SMILES string of the molecule is CC1(C)c2ccccc2-c2cccc(-c3ccc4c(n3)[nH]c3ccccc34)c21. The van der Waals surface area contributed by atoms with Gasteiger partial charge in [0, 0.05) is 27.3 Å². The highest BCUT2D eigenvalue weighted by atomic mass is 14.9. The first-order valence-electron chi connectivity index (χ1n) is 9.76. The summed E-state index contributed by atoms with van der Waals surface area (Å²) in [5.41, 5.74) is 9.73. The van der Waals surface area contributed by atoms with Crippen molar-refractivity contribution >= 4 is 21.9 Å². The summed E-state index contributed by atoms with van der Waals surface area (Å²) < 4.78 is 0. The lowest BCUT2D eigenvalue weighted by Crippen LogP contribution is -2.16. The molecule has 1 aliphatic carbocycles. The van der Waals surface area contributed by atoms with E-state index in [9.17, 15) is 0 Å². The van der Waals surface area contributed by atoms with Crippen molar-refractivity contribution in [2.75, 3.05) is 0 Å². The Labute approximate surface area is 163 Å². The summed E-state index contributed by atoms with van der Waals surface area (Å²) in [6.07, 6.45) is 0. The highest BCUT2D eigenvalue weighted by molar-refractivity contribution is 6.06. The third-order valence-corrected chi connectivity index (χ3v) is 6.22. The molecule has 0 saturated heterocycles. The average Bonchev–Trinajstić information content (AvgIpc) is 3.21. The van der Waals surface area contributed by atoms with E-state index in [0.717, 1.165) is 16.9 Å². The normalized spacial score (nSPS) is 14.4. The van der Waals surface area contributed by atoms with Crippen LogP contribution in [0.5, 0.6) is 0 Å². The van der Waals surface area contributed by atoms with Crippen LogP contribution in [0.15, 0.2) is 78.9 Å². The largest absolute Gasteiger partial charge is 0.339 e. The van der Waals surface area contributed by atoms with Gasteiger partial charge in [0.15, 0.2) is 0 Å². The van der Waals surface area contributed by atoms with Crippen molar-refractivity contribution in [3.05, 3.63) is 90.0 Å². The number of fused-ring (bicyclic) bond motifs is 6. The van der Waals surface area contributed by atoms with Crippen LogP contribution in [0.2, 0.25) is 0 Å². The van der Waals surface area contributed by atoms with Crippen LogP contribution in [-0.2, 0) is 5.41 Å². The molecule has 5 aromatic rings. The van der Waals surface area contributed by atoms with Crippen LogP contribution in [0.1, 0.15) is 25.0 Å². The first-order valence-corrected chi connectivity index (χ1v) is 9.76. The number of aromatic amines is 1. The summed E-state index contributed by atoms with van der Waals surface area (Å²) in [4.78, 5) is 8.52. The molecule has 6 rings (SSSR count). The molecule has 2 heterocycles. The molecule has 2 nitrogen and oxygen atoms in total. The molecular weight excluding hydrogens is 340 g/mol. The molecule has 2 heteroatoms. The van der Waals surface area contributed by atoms with E-state index in [0.29, 0.717) is 0 Å². The van der Waals surface area contributed by atoms with E-state index in [-0.39, 0.29) is 5.41 Å². The van der Waals surface area contributed by atoms with E-state index in [1.54, 1.807) is 0 Å². The number of rotatable bonds is 1. The Hall–Kier alpha value is -3.39. The number of hydrogen-bond acceptors (Lipinski definition) is 1. The first-order chi connectivity index (χ1) is 13.6. The number of aromatic nitrogens is 2. The molecule has 0 amide bonds. The zero-order chi connectivity index (χ0) is 18.9. The number of pyridine rings is 1. The van der Waals surface area contributed by atoms with Crippen LogP contribution in [0, 0.1) is 0 Å². The first kappa shape index (κ1) is 15.6. The van der Waals surface area contributed by atoms with Crippen molar-refractivity contribution in [3.8, 4) is 22.4 Å². The molecule has 2 aromatic heterocycles. The molecule has 3 aromatic carbocycles. The summed E-state index contributed by atoms with van der Waals surface area (Å²) in [6.45, 7) is 4.64. The Kier molecular flexibility index (Phi) is 2.98. The van der Waals surface area contributed by atoms with Gasteiger partial charge in [-0.2, -0.15) is 0 Å². The van der Waals surface area contributed by atoms with Gasteiger partial charge in [-0.15, -0.1) is 0 Å². The lowest BCUT2D eigenvalue weighted by Gasteiger charge is -2.24. The predicted octanol–water partition coefficient (Wildman–Crippen LogP) is 6.69. The molecule has 0 spiro atoms. The Balaban J connectivity index is 1.62. The van der Waals surface area contributed by atoms with Gasteiger partial charge in [-0.05, 0) is 40.5 Å². The number of para-hydroxylation sites is 1.